The van der Waals surface area contributed by atoms with Crippen LogP contribution >= 0.6 is 22.9 Å². The van der Waals surface area contributed by atoms with Crippen LogP contribution < -0.4 is 10.5 Å². The number of nitrogens with one attached hydrogen (secondary N) is 1. The minimum absolute atomic E-state index is 0.0611. The highest BCUT2D eigenvalue weighted by Crippen LogP contribution is 2.48. The number of anilines is 1. The molecule has 1 atom stereocenters. The van der Waals surface area contributed by atoms with Gasteiger partial charge in [0.25, 0.3) is 11.8 Å². The zero-order valence-electron chi connectivity index (χ0n) is 16.6. The fraction of sp³-hybridized carbons (Fsp3) is 0.190. The van der Waals surface area contributed by atoms with Crippen LogP contribution in [0.3, 0.4) is 0 Å². The van der Waals surface area contributed by atoms with E-state index in [9.17, 15) is 18.0 Å². The van der Waals surface area contributed by atoms with Gasteiger partial charge < -0.3 is 0 Å². The van der Waals surface area contributed by atoms with Gasteiger partial charge in [0.15, 0.2) is 0 Å². The van der Waals surface area contributed by atoms with Crippen LogP contribution in [-0.2, 0) is 4.84 Å². The summed E-state index contributed by atoms with van der Waals surface area (Å²) in [6.07, 6.45) is 0.834. The molecule has 1 unspecified atom stereocenters. The first-order valence-electron chi connectivity index (χ1n) is 9.34. The molecule has 3 aromatic rings. The summed E-state index contributed by atoms with van der Waals surface area (Å²) in [5.74, 6) is -4.27. The van der Waals surface area contributed by atoms with Crippen LogP contribution in [-0.4, -0.2) is 36.2 Å². The van der Waals surface area contributed by atoms with Gasteiger partial charge in [-0.15, -0.1) is 11.3 Å². The van der Waals surface area contributed by atoms with E-state index in [2.05, 4.69) is 20.4 Å². The Labute approximate surface area is 190 Å². The first-order chi connectivity index (χ1) is 15.3. The van der Waals surface area contributed by atoms with Crippen molar-refractivity contribution in [2.75, 3.05) is 12.1 Å². The van der Waals surface area contributed by atoms with Gasteiger partial charge in [0, 0.05) is 28.0 Å². The van der Waals surface area contributed by atoms with E-state index in [1.165, 1.54) is 19.4 Å². The maximum Gasteiger partial charge on any atom is 0.275 e. The zero-order chi connectivity index (χ0) is 22.9. The topological polar surface area (TPSA) is 66.8 Å². The fourth-order valence-electron chi connectivity index (χ4n) is 3.00. The number of aromatic nitrogens is 1. The molecule has 2 aromatic carbocycles. The molecule has 0 bridgehead atoms. The quantitative estimate of drug-likeness (QED) is 0.375. The lowest BCUT2D eigenvalue weighted by atomic mass is 10.1. The number of carbonyl (C=O) groups excluding carboxylic acids is 1. The van der Waals surface area contributed by atoms with E-state index in [0.29, 0.717) is 16.3 Å². The number of carbonyl (C=O) groups is 1. The van der Waals surface area contributed by atoms with Crippen molar-refractivity contribution in [1.82, 2.24) is 10.5 Å². The molecule has 1 heterocycles. The van der Waals surface area contributed by atoms with Crippen molar-refractivity contribution < 1.29 is 22.8 Å². The van der Waals surface area contributed by atoms with Crippen molar-refractivity contribution in [2.45, 2.75) is 18.4 Å². The Morgan fingerprint density at radius 1 is 1.38 bits per heavy atom. The van der Waals surface area contributed by atoms with Crippen LogP contribution in [0, 0.1) is 5.82 Å². The first kappa shape index (κ1) is 22.3. The first-order valence-corrected chi connectivity index (χ1v) is 10.6. The number of amides is 1. The van der Waals surface area contributed by atoms with Crippen LogP contribution in [0.25, 0.3) is 11.3 Å². The number of nitrogens with zero attached hydrogens (tertiary/aromatic N) is 3. The van der Waals surface area contributed by atoms with Gasteiger partial charge in [-0.3, -0.25) is 9.63 Å². The largest absolute Gasteiger partial charge is 0.277 e. The van der Waals surface area contributed by atoms with Gasteiger partial charge in [0.1, 0.15) is 11.9 Å². The molecule has 1 amide bonds. The predicted octanol–water partition coefficient (Wildman–Crippen LogP) is 5.14. The lowest BCUT2D eigenvalue weighted by Gasteiger charge is -2.15. The molecule has 11 heteroatoms. The summed E-state index contributed by atoms with van der Waals surface area (Å²) in [5.41, 5.74) is 3.46. The van der Waals surface area contributed by atoms with Crippen LogP contribution in [0.2, 0.25) is 5.02 Å². The molecule has 4 rings (SSSR count). The number of hydrogen-bond donors (Lipinski definition) is 1. The van der Waals surface area contributed by atoms with Gasteiger partial charge in [-0.1, -0.05) is 29.8 Å². The van der Waals surface area contributed by atoms with Gasteiger partial charge in [0.05, 0.1) is 24.6 Å². The molecule has 1 N–H and O–H groups in total. The zero-order valence-corrected chi connectivity index (χ0v) is 18.1. The molecular weight excluding hydrogens is 465 g/mol. The van der Waals surface area contributed by atoms with Crippen molar-refractivity contribution in [3.8, 4) is 11.3 Å². The standard InChI is InChI=1S/C21H16ClF3N4O2S/c1-31-28-19(30)15-8-13(23)7-6-12(15)10-26-29(18-9-21(18,24)25)20-27-17(11-32-20)14-4-2-3-5-16(14)22/h2-8,10-11,18H,9H2,1H3,(H,28,30)/b26-10+. The Balaban J connectivity index is 1.68. The molecule has 1 saturated carbocycles. The van der Waals surface area contributed by atoms with E-state index in [1.807, 2.05) is 0 Å². The number of hydrogen-bond acceptors (Lipinski definition) is 6. The Kier molecular flexibility index (Phi) is 6.18. The van der Waals surface area contributed by atoms with Crippen LogP contribution in [0.15, 0.2) is 52.9 Å². The Bertz CT molecular complexity index is 1190. The number of alkyl halides is 2. The van der Waals surface area contributed by atoms with Crippen LogP contribution in [0.4, 0.5) is 18.3 Å². The second-order valence-electron chi connectivity index (χ2n) is 6.93. The maximum atomic E-state index is 13.9. The molecule has 1 aliphatic rings. The molecule has 0 radical (unpaired) electrons. The Morgan fingerprint density at radius 2 is 2.12 bits per heavy atom. The highest BCUT2D eigenvalue weighted by molar-refractivity contribution is 7.14. The van der Waals surface area contributed by atoms with Crippen LogP contribution in [0.5, 0.6) is 0 Å². The molecular formula is C21H16ClF3N4O2S. The molecule has 166 valence electrons. The molecule has 0 aliphatic heterocycles. The average molecular weight is 481 g/mol. The van der Waals surface area contributed by atoms with E-state index in [-0.39, 0.29) is 22.7 Å². The minimum atomic E-state index is -2.92. The van der Waals surface area contributed by atoms with Crippen molar-refractivity contribution in [2.24, 2.45) is 5.10 Å². The van der Waals surface area contributed by atoms with Gasteiger partial charge in [-0.25, -0.2) is 28.6 Å². The number of hydroxylamine groups is 1. The smallest absolute Gasteiger partial charge is 0.275 e. The number of benzene rings is 2. The monoisotopic (exact) mass is 480 g/mol. The Morgan fingerprint density at radius 3 is 2.81 bits per heavy atom. The Hall–Kier alpha value is -2.95. The molecule has 1 fully saturated rings. The maximum absolute atomic E-state index is 13.9. The number of halogens is 4. The van der Waals surface area contributed by atoms with Gasteiger partial charge in [0.2, 0.25) is 5.13 Å². The summed E-state index contributed by atoms with van der Waals surface area (Å²) in [5, 5.41) is 7.73. The SMILES string of the molecule is CONC(=O)c1cc(F)ccc1/C=N/N(c1nc(-c2ccccc2Cl)cs1)C1CC1(F)F. The third-order valence-corrected chi connectivity index (χ3v) is 5.86. The summed E-state index contributed by atoms with van der Waals surface area (Å²) in [6.45, 7) is 0. The van der Waals surface area contributed by atoms with Gasteiger partial charge >= 0.3 is 0 Å². The number of thiazole rings is 1. The lowest BCUT2D eigenvalue weighted by Crippen LogP contribution is -2.25. The number of hydrazone groups is 1. The van der Waals surface area contributed by atoms with E-state index in [0.717, 1.165) is 28.5 Å². The summed E-state index contributed by atoms with van der Waals surface area (Å²) in [7, 11) is 1.24. The molecule has 0 spiro atoms. The van der Waals surface area contributed by atoms with E-state index < -0.39 is 23.7 Å². The fourth-order valence-corrected chi connectivity index (χ4v) is 4.06. The molecule has 32 heavy (non-hydrogen) atoms. The average Bonchev–Trinajstić information content (AvgIpc) is 3.15. The lowest BCUT2D eigenvalue weighted by molar-refractivity contribution is 0.0537. The molecule has 1 aliphatic carbocycles. The number of rotatable bonds is 7. The van der Waals surface area contributed by atoms with Crippen LogP contribution in [0.1, 0.15) is 22.3 Å². The summed E-state index contributed by atoms with van der Waals surface area (Å²) >= 11 is 7.35. The molecule has 0 saturated heterocycles. The summed E-state index contributed by atoms with van der Waals surface area (Å²) in [6, 6.07) is 9.35. The second kappa shape index (κ2) is 8.89. The normalized spacial score (nSPS) is 16.8. The predicted molar refractivity (Wildman–Crippen MR) is 117 cm³/mol. The minimum Gasteiger partial charge on any atom is -0.277 e. The van der Waals surface area contributed by atoms with E-state index in [4.69, 9.17) is 11.6 Å². The summed E-state index contributed by atoms with van der Waals surface area (Å²) < 4.78 is 41.5. The molecule has 1 aromatic heterocycles. The highest BCUT2D eigenvalue weighted by Gasteiger charge is 2.61. The van der Waals surface area contributed by atoms with E-state index in [1.54, 1.807) is 29.6 Å². The van der Waals surface area contributed by atoms with Crippen molar-refractivity contribution >= 4 is 40.2 Å². The van der Waals surface area contributed by atoms with Crippen molar-refractivity contribution in [1.29, 1.82) is 0 Å². The van der Waals surface area contributed by atoms with Gasteiger partial charge in [-0.05, 0) is 24.3 Å². The highest BCUT2D eigenvalue weighted by atomic mass is 35.5. The molecule has 6 nitrogen and oxygen atoms in total. The van der Waals surface area contributed by atoms with Gasteiger partial charge in [-0.2, -0.15) is 5.10 Å². The van der Waals surface area contributed by atoms with Crippen molar-refractivity contribution in [3.63, 3.8) is 0 Å². The third kappa shape index (κ3) is 4.62. The summed E-state index contributed by atoms with van der Waals surface area (Å²) in [4.78, 5) is 21.2. The van der Waals surface area contributed by atoms with E-state index >= 15 is 0 Å². The second-order valence-corrected chi connectivity index (χ2v) is 8.18. The van der Waals surface area contributed by atoms with Crippen molar-refractivity contribution in [3.05, 3.63) is 69.8 Å². The third-order valence-electron chi connectivity index (χ3n) is 4.70.